The van der Waals surface area contributed by atoms with Crippen LogP contribution in [0.1, 0.15) is 0 Å². The van der Waals surface area contributed by atoms with Gasteiger partial charge in [-0.25, -0.2) is 0 Å². The van der Waals surface area contributed by atoms with Crippen LogP contribution < -0.4 is 0 Å². The first kappa shape index (κ1) is 30.2. The van der Waals surface area contributed by atoms with Gasteiger partial charge in [0.15, 0.2) is 0 Å². The van der Waals surface area contributed by atoms with Crippen molar-refractivity contribution in [3.05, 3.63) is 182 Å². The highest BCUT2D eigenvalue weighted by molar-refractivity contribution is 7.28. The monoisotopic (exact) mass is 718 g/mol. The molecule has 250 valence electrons. The van der Waals surface area contributed by atoms with Crippen molar-refractivity contribution in [1.82, 2.24) is 0 Å². The maximum atomic E-state index is 2.47. The van der Waals surface area contributed by atoms with E-state index in [-0.39, 0.29) is 0 Å². The lowest BCUT2D eigenvalue weighted by Gasteiger charge is -2.18. The maximum Gasteiger partial charge on any atom is 0.0441 e. The summed E-state index contributed by atoms with van der Waals surface area (Å²) in [5.41, 5.74) is 7.66. The Kier molecular flexibility index (Phi) is 6.48. The van der Waals surface area contributed by atoms with Crippen molar-refractivity contribution in [1.29, 1.82) is 0 Å². The van der Waals surface area contributed by atoms with Crippen LogP contribution in [0.5, 0.6) is 0 Å². The zero-order valence-corrected chi connectivity index (χ0v) is 30.8. The van der Waals surface area contributed by atoms with E-state index < -0.39 is 0 Å². The minimum absolute atomic E-state index is 1.24. The fourth-order valence-electron chi connectivity index (χ4n) is 9.09. The fraction of sp³-hybridized carbons (Fsp3) is 0. The smallest absolute Gasteiger partial charge is 0.0441 e. The Morgan fingerprint density at radius 3 is 1.54 bits per heavy atom. The third-order valence-corrected chi connectivity index (χ3v) is 13.7. The molecular weight excluding hydrogens is 689 g/mol. The molecule has 0 spiro atoms. The summed E-state index contributed by atoms with van der Waals surface area (Å²) in [4.78, 5) is 0. The number of hydrogen-bond donors (Lipinski definition) is 0. The van der Waals surface area contributed by atoms with Crippen molar-refractivity contribution in [2.75, 3.05) is 0 Å². The summed E-state index contributed by atoms with van der Waals surface area (Å²) in [6.45, 7) is 0. The Bertz CT molecular complexity index is 3450. The standard InChI is InChI=1S/C52H30S2/c1-2-14-33-28-36(25-24-31(33)12-1)48-40-20-7-5-18-38(40)47(39-19-6-8-21-41(39)48)34-15-11-16-35(29-34)49-51-42-22-9-10-23-44(42)53-46(51)30-43-50-37-17-4-3-13-32(37)26-27-45(50)54-52(43)49/h1-30H. The van der Waals surface area contributed by atoms with Crippen LogP contribution in [0.3, 0.4) is 0 Å². The van der Waals surface area contributed by atoms with E-state index in [9.17, 15) is 0 Å². The first-order valence-electron chi connectivity index (χ1n) is 18.5. The first-order chi connectivity index (χ1) is 26.8. The van der Waals surface area contributed by atoms with E-state index in [1.807, 2.05) is 22.7 Å². The van der Waals surface area contributed by atoms with E-state index >= 15 is 0 Å². The SMILES string of the molecule is c1cc(-c2c3ccccc3c(-c3ccc4ccccc4c3)c3ccccc23)cc(-c2c3sc4ccc5ccccc5c4c3cc3sc4ccccc4c23)c1. The molecule has 0 bridgehead atoms. The molecule has 2 heterocycles. The van der Waals surface area contributed by atoms with Crippen molar-refractivity contribution >= 4 is 106 Å². The average molecular weight is 719 g/mol. The lowest BCUT2D eigenvalue weighted by Crippen LogP contribution is -1.91. The predicted molar refractivity (Wildman–Crippen MR) is 239 cm³/mol. The van der Waals surface area contributed by atoms with E-state index in [2.05, 4.69) is 182 Å². The third-order valence-electron chi connectivity index (χ3n) is 11.4. The number of fused-ring (bicyclic) bond motifs is 11. The van der Waals surface area contributed by atoms with Gasteiger partial charge in [-0.2, -0.15) is 0 Å². The molecule has 0 unspecified atom stereocenters. The summed E-state index contributed by atoms with van der Waals surface area (Å²) < 4.78 is 5.37. The van der Waals surface area contributed by atoms with E-state index in [4.69, 9.17) is 0 Å². The molecular formula is C52H30S2. The van der Waals surface area contributed by atoms with Gasteiger partial charge < -0.3 is 0 Å². The van der Waals surface area contributed by atoms with Gasteiger partial charge in [0.2, 0.25) is 0 Å². The zero-order chi connectivity index (χ0) is 35.3. The van der Waals surface area contributed by atoms with Crippen LogP contribution in [-0.4, -0.2) is 0 Å². The Labute approximate surface area is 319 Å². The molecule has 0 nitrogen and oxygen atoms in total. The maximum absolute atomic E-state index is 2.47. The Hall–Kier alpha value is -6.32. The quantitative estimate of drug-likeness (QED) is 0.160. The highest BCUT2D eigenvalue weighted by Gasteiger charge is 2.22. The molecule has 0 saturated heterocycles. The van der Waals surface area contributed by atoms with Gasteiger partial charge in [-0.05, 0) is 101 Å². The number of thiophene rings is 2. The van der Waals surface area contributed by atoms with Crippen LogP contribution in [0.25, 0.3) is 117 Å². The molecule has 0 fully saturated rings. The minimum Gasteiger partial charge on any atom is -0.135 e. The molecule has 2 heteroatoms. The van der Waals surface area contributed by atoms with Gasteiger partial charge in [-0.15, -0.1) is 22.7 Å². The number of hydrogen-bond acceptors (Lipinski definition) is 2. The lowest BCUT2D eigenvalue weighted by atomic mass is 9.85. The summed E-state index contributed by atoms with van der Waals surface area (Å²) in [7, 11) is 0. The van der Waals surface area contributed by atoms with Gasteiger partial charge in [0, 0.05) is 45.9 Å². The molecule has 0 aliphatic rings. The molecule has 0 amide bonds. The lowest BCUT2D eigenvalue weighted by molar-refractivity contribution is 1.65. The van der Waals surface area contributed by atoms with Crippen molar-refractivity contribution < 1.29 is 0 Å². The van der Waals surface area contributed by atoms with Crippen molar-refractivity contribution in [2.45, 2.75) is 0 Å². The number of benzene rings is 10. The highest BCUT2D eigenvalue weighted by Crippen LogP contribution is 2.51. The van der Waals surface area contributed by atoms with Crippen LogP contribution in [0, 0.1) is 0 Å². The molecule has 54 heavy (non-hydrogen) atoms. The van der Waals surface area contributed by atoms with Gasteiger partial charge >= 0.3 is 0 Å². The molecule has 0 radical (unpaired) electrons. The minimum atomic E-state index is 1.24. The summed E-state index contributed by atoms with van der Waals surface area (Å²) >= 11 is 3.85. The average Bonchev–Trinajstić information content (AvgIpc) is 3.80. The third kappa shape index (κ3) is 4.36. The van der Waals surface area contributed by atoms with Crippen molar-refractivity contribution in [2.24, 2.45) is 0 Å². The Morgan fingerprint density at radius 1 is 0.259 bits per heavy atom. The van der Waals surface area contributed by atoms with Crippen molar-refractivity contribution in [3.63, 3.8) is 0 Å². The zero-order valence-electron chi connectivity index (χ0n) is 29.1. The van der Waals surface area contributed by atoms with Gasteiger partial charge in [-0.3, -0.25) is 0 Å². The van der Waals surface area contributed by atoms with Gasteiger partial charge in [0.05, 0.1) is 0 Å². The molecule has 12 aromatic rings. The fourth-order valence-corrected chi connectivity index (χ4v) is 11.5. The molecule has 0 aliphatic carbocycles. The highest BCUT2D eigenvalue weighted by atomic mass is 32.1. The molecule has 10 aromatic carbocycles. The second-order valence-electron chi connectivity index (χ2n) is 14.3. The van der Waals surface area contributed by atoms with Crippen LogP contribution >= 0.6 is 22.7 Å². The van der Waals surface area contributed by atoms with Crippen molar-refractivity contribution in [3.8, 4) is 33.4 Å². The summed E-state index contributed by atoms with van der Waals surface area (Å²) in [6.07, 6.45) is 0. The number of rotatable bonds is 3. The van der Waals surface area contributed by atoms with E-state index in [1.165, 1.54) is 117 Å². The van der Waals surface area contributed by atoms with Crippen LogP contribution in [0.15, 0.2) is 182 Å². The molecule has 0 aliphatic heterocycles. The summed E-state index contributed by atoms with van der Waals surface area (Å²) in [5, 5.41) is 15.6. The van der Waals surface area contributed by atoms with Crippen LogP contribution in [-0.2, 0) is 0 Å². The Balaban J connectivity index is 1.17. The topological polar surface area (TPSA) is 0 Å². The largest absolute Gasteiger partial charge is 0.135 e. The van der Waals surface area contributed by atoms with Crippen LogP contribution in [0.4, 0.5) is 0 Å². The Morgan fingerprint density at radius 2 is 0.815 bits per heavy atom. The van der Waals surface area contributed by atoms with Gasteiger partial charge in [0.1, 0.15) is 0 Å². The van der Waals surface area contributed by atoms with E-state index in [0.29, 0.717) is 0 Å². The molecule has 0 N–H and O–H groups in total. The van der Waals surface area contributed by atoms with Crippen LogP contribution in [0.2, 0.25) is 0 Å². The van der Waals surface area contributed by atoms with E-state index in [0.717, 1.165) is 0 Å². The molecule has 0 saturated carbocycles. The molecule has 2 aromatic heterocycles. The second kappa shape index (κ2) is 11.6. The van der Waals surface area contributed by atoms with Gasteiger partial charge in [0.25, 0.3) is 0 Å². The summed E-state index contributed by atoms with van der Waals surface area (Å²) in [6, 6.07) is 67.8. The summed E-state index contributed by atoms with van der Waals surface area (Å²) in [5.74, 6) is 0. The second-order valence-corrected chi connectivity index (χ2v) is 16.5. The van der Waals surface area contributed by atoms with Gasteiger partial charge in [-0.1, -0.05) is 152 Å². The molecule has 0 atom stereocenters. The molecule has 12 rings (SSSR count). The normalized spacial score (nSPS) is 12.1. The first-order valence-corrected chi connectivity index (χ1v) is 20.1. The van der Waals surface area contributed by atoms with E-state index in [1.54, 1.807) is 0 Å². The predicted octanol–water partition coefficient (Wildman–Crippen LogP) is 16.0.